The van der Waals surface area contributed by atoms with Crippen LogP contribution in [0.1, 0.15) is 20.8 Å². The molecule has 0 fully saturated rings. The minimum atomic E-state index is -0.0591. The van der Waals surface area contributed by atoms with Gasteiger partial charge in [-0.2, -0.15) is 0 Å². The van der Waals surface area contributed by atoms with Crippen LogP contribution in [0.3, 0.4) is 0 Å². The van der Waals surface area contributed by atoms with Crippen LogP contribution in [0.4, 0.5) is 5.69 Å². The SMILES string of the molecule is COc1ccc(N(C)C(=O)CNC(C)(C)C)cc1. The molecule has 0 aromatic heterocycles. The molecule has 0 spiro atoms. The molecule has 1 aromatic carbocycles. The van der Waals surface area contributed by atoms with Gasteiger partial charge < -0.3 is 15.0 Å². The highest BCUT2D eigenvalue weighted by molar-refractivity contribution is 5.94. The zero-order valence-corrected chi connectivity index (χ0v) is 11.8. The van der Waals surface area contributed by atoms with Gasteiger partial charge >= 0.3 is 0 Å². The van der Waals surface area contributed by atoms with E-state index in [-0.39, 0.29) is 11.4 Å². The second-order valence-electron chi connectivity index (χ2n) is 5.25. The molecule has 0 saturated carbocycles. The Bertz CT molecular complexity index is 393. The molecular weight excluding hydrogens is 228 g/mol. The second-order valence-corrected chi connectivity index (χ2v) is 5.25. The third-order valence-electron chi connectivity index (χ3n) is 2.60. The molecule has 0 atom stereocenters. The summed E-state index contributed by atoms with van der Waals surface area (Å²) in [7, 11) is 3.39. The molecule has 1 N–H and O–H groups in total. The number of benzene rings is 1. The number of methoxy groups -OCH3 is 1. The largest absolute Gasteiger partial charge is 0.497 e. The lowest BCUT2D eigenvalue weighted by atomic mass is 10.1. The monoisotopic (exact) mass is 250 g/mol. The van der Waals surface area contributed by atoms with Crippen LogP contribution in [0.25, 0.3) is 0 Å². The Kier molecular flexibility index (Phi) is 4.73. The fourth-order valence-corrected chi connectivity index (χ4v) is 1.41. The first-order chi connectivity index (χ1) is 8.33. The number of rotatable bonds is 4. The highest BCUT2D eigenvalue weighted by Crippen LogP contribution is 2.18. The van der Waals surface area contributed by atoms with Crippen molar-refractivity contribution >= 4 is 11.6 Å². The van der Waals surface area contributed by atoms with Crippen LogP contribution in [-0.4, -0.2) is 32.1 Å². The number of carbonyl (C=O) groups is 1. The van der Waals surface area contributed by atoms with Crippen molar-refractivity contribution in [1.82, 2.24) is 5.32 Å². The average molecular weight is 250 g/mol. The minimum Gasteiger partial charge on any atom is -0.497 e. The maximum atomic E-state index is 12.0. The highest BCUT2D eigenvalue weighted by atomic mass is 16.5. The number of hydrogen-bond acceptors (Lipinski definition) is 3. The van der Waals surface area contributed by atoms with Gasteiger partial charge in [-0.3, -0.25) is 4.79 Å². The number of nitrogens with zero attached hydrogens (tertiary/aromatic N) is 1. The van der Waals surface area contributed by atoms with Gasteiger partial charge in [0, 0.05) is 18.3 Å². The number of likely N-dealkylation sites (N-methyl/N-ethyl adjacent to an activating group) is 1. The van der Waals surface area contributed by atoms with Crippen LogP contribution in [0.2, 0.25) is 0 Å². The Morgan fingerprint density at radius 3 is 2.28 bits per heavy atom. The van der Waals surface area contributed by atoms with Gasteiger partial charge in [0.15, 0.2) is 0 Å². The molecule has 0 aliphatic heterocycles. The summed E-state index contributed by atoms with van der Waals surface area (Å²) >= 11 is 0. The molecule has 0 aliphatic rings. The predicted molar refractivity (Wildman–Crippen MR) is 74.2 cm³/mol. The van der Waals surface area contributed by atoms with Crippen molar-refractivity contribution in [3.05, 3.63) is 24.3 Å². The lowest BCUT2D eigenvalue weighted by Gasteiger charge is -2.23. The van der Waals surface area contributed by atoms with Gasteiger partial charge in [0.2, 0.25) is 5.91 Å². The molecule has 0 radical (unpaired) electrons. The summed E-state index contributed by atoms with van der Waals surface area (Å²) in [6.07, 6.45) is 0. The summed E-state index contributed by atoms with van der Waals surface area (Å²) in [4.78, 5) is 13.6. The van der Waals surface area contributed by atoms with Crippen molar-refractivity contribution in [3.8, 4) is 5.75 Å². The standard InChI is InChI=1S/C14H22N2O2/c1-14(2,3)15-10-13(17)16(4)11-6-8-12(18-5)9-7-11/h6-9,15H,10H2,1-5H3. The van der Waals surface area contributed by atoms with E-state index in [1.165, 1.54) is 0 Å². The molecule has 0 aliphatic carbocycles. The summed E-state index contributed by atoms with van der Waals surface area (Å²) in [5.41, 5.74) is 0.799. The number of hydrogen-bond donors (Lipinski definition) is 1. The third kappa shape index (κ3) is 4.37. The molecule has 0 unspecified atom stereocenters. The number of anilines is 1. The molecule has 4 heteroatoms. The summed E-state index contributed by atoms with van der Waals surface area (Å²) in [6.45, 7) is 6.43. The molecule has 18 heavy (non-hydrogen) atoms. The van der Waals surface area contributed by atoms with Crippen molar-refractivity contribution in [2.45, 2.75) is 26.3 Å². The fraction of sp³-hybridized carbons (Fsp3) is 0.500. The van der Waals surface area contributed by atoms with E-state index in [2.05, 4.69) is 5.32 Å². The number of carbonyl (C=O) groups excluding carboxylic acids is 1. The average Bonchev–Trinajstić information content (AvgIpc) is 2.34. The van der Waals surface area contributed by atoms with Crippen LogP contribution < -0.4 is 15.0 Å². The molecule has 0 heterocycles. The first-order valence-corrected chi connectivity index (χ1v) is 5.99. The van der Waals surface area contributed by atoms with Crippen LogP contribution >= 0.6 is 0 Å². The molecule has 0 saturated heterocycles. The normalized spacial score (nSPS) is 11.2. The zero-order valence-electron chi connectivity index (χ0n) is 11.8. The van der Waals surface area contributed by atoms with E-state index in [0.29, 0.717) is 6.54 Å². The van der Waals surface area contributed by atoms with Crippen molar-refractivity contribution in [2.24, 2.45) is 0 Å². The van der Waals surface area contributed by atoms with Gasteiger partial charge in [-0.25, -0.2) is 0 Å². The van der Waals surface area contributed by atoms with Crippen molar-refractivity contribution < 1.29 is 9.53 Å². The maximum Gasteiger partial charge on any atom is 0.240 e. The summed E-state index contributed by atoms with van der Waals surface area (Å²) < 4.78 is 5.09. The molecular formula is C14H22N2O2. The highest BCUT2D eigenvalue weighted by Gasteiger charge is 2.15. The maximum absolute atomic E-state index is 12.0. The third-order valence-corrected chi connectivity index (χ3v) is 2.60. The Morgan fingerprint density at radius 2 is 1.83 bits per heavy atom. The molecule has 1 aromatic rings. The van der Waals surface area contributed by atoms with Gasteiger partial charge in [-0.1, -0.05) is 0 Å². The molecule has 4 nitrogen and oxygen atoms in total. The van der Waals surface area contributed by atoms with Crippen LogP contribution in [0, 0.1) is 0 Å². The summed E-state index contributed by atoms with van der Waals surface area (Å²) in [5, 5.41) is 3.18. The predicted octanol–water partition coefficient (Wildman–Crippen LogP) is 2.05. The van der Waals surface area contributed by atoms with Crippen LogP contribution in [0.15, 0.2) is 24.3 Å². The molecule has 0 bridgehead atoms. The number of nitrogens with one attached hydrogen (secondary N) is 1. The lowest BCUT2D eigenvalue weighted by molar-refractivity contribution is -0.117. The van der Waals surface area contributed by atoms with Gasteiger partial charge in [-0.05, 0) is 45.0 Å². The summed E-state index contributed by atoms with van der Waals surface area (Å²) in [6, 6.07) is 7.42. The van der Waals surface area contributed by atoms with Gasteiger partial charge in [0.05, 0.1) is 13.7 Å². The fourth-order valence-electron chi connectivity index (χ4n) is 1.41. The number of ether oxygens (including phenoxy) is 1. The van der Waals surface area contributed by atoms with Gasteiger partial charge in [-0.15, -0.1) is 0 Å². The van der Waals surface area contributed by atoms with E-state index in [1.807, 2.05) is 45.0 Å². The van der Waals surface area contributed by atoms with E-state index in [0.717, 1.165) is 11.4 Å². The topological polar surface area (TPSA) is 41.6 Å². The van der Waals surface area contributed by atoms with E-state index in [9.17, 15) is 4.79 Å². The van der Waals surface area contributed by atoms with E-state index < -0.39 is 0 Å². The smallest absolute Gasteiger partial charge is 0.240 e. The van der Waals surface area contributed by atoms with E-state index in [4.69, 9.17) is 4.74 Å². The lowest BCUT2D eigenvalue weighted by Crippen LogP contribution is -2.43. The van der Waals surface area contributed by atoms with Crippen molar-refractivity contribution in [2.75, 3.05) is 25.6 Å². The van der Waals surface area contributed by atoms with Crippen LogP contribution in [0.5, 0.6) is 5.75 Å². The van der Waals surface area contributed by atoms with Gasteiger partial charge in [0.25, 0.3) is 0 Å². The van der Waals surface area contributed by atoms with Crippen molar-refractivity contribution in [1.29, 1.82) is 0 Å². The molecule has 1 amide bonds. The van der Waals surface area contributed by atoms with Crippen molar-refractivity contribution in [3.63, 3.8) is 0 Å². The first-order valence-electron chi connectivity index (χ1n) is 5.99. The van der Waals surface area contributed by atoms with Crippen LogP contribution in [-0.2, 0) is 4.79 Å². The summed E-state index contributed by atoms with van der Waals surface area (Å²) in [5.74, 6) is 0.822. The Morgan fingerprint density at radius 1 is 1.28 bits per heavy atom. The number of amides is 1. The van der Waals surface area contributed by atoms with E-state index in [1.54, 1.807) is 19.1 Å². The Labute approximate surface area is 109 Å². The van der Waals surface area contributed by atoms with E-state index >= 15 is 0 Å². The molecule has 100 valence electrons. The quantitative estimate of drug-likeness (QED) is 0.889. The molecule has 1 rings (SSSR count). The zero-order chi connectivity index (χ0) is 13.8. The van der Waals surface area contributed by atoms with Gasteiger partial charge in [0.1, 0.15) is 5.75 Å². The Hall–Kier alpha value is -1.55. The minimum absolute atomic E-state index is 0.0371. The first kappa shape index (κ1) is 14.5. The second kappa shape index (κ2) is 5.87. The Balaban J connectivity index is 2.62.